The average molecular weight is 294 g/mol. The minimum absolute atomic E-state index is 0.0709. The van der Waals surface area contributed by atoms with E-state index in [4.69, 9.17) is 9.15 Å². The summed E-state index contributed by atoms with van der Waals surface area (Å²) in [5.74, 6) is -2.07. The second kappa shape index (κ2) is 6.69. The van der Waals surface area contributed by atoms with Crippen LogP contribution in [0.4, 0.5) is 0 Å². The molecule has 21 heavy (non-hydrogen) atoms. The first kappa shape index (κ1) is 14.8. The fourth-order valence-electron chi connectivity index (χ4n) is 1.83. The third-order valence-corrected chi connectivity index (χ3v) is 2.87. The Morgan fingerprint density at radius 2 is 2.19 bits per heavy atom. The van der Waals surface area contributed by atoms with E-state index in [1.807, 2.05) is 0 Å². The zero-order valence-corrected chi connectivity index (χ0v) is 11.2. The lowest BCUT2D eigenvalue weighted by Crippen LogP contribution is -2.37. The second-order valence-electron chi connectivity index (χ2n) is 4.36. The Balaban J connectivity index is 1.69. The smallest absolute Gasteiger partial charge is 0.325 e. The summed E-state index contributed by atoms with van der Waals surface area (Å²) >= 11 is 0. The standard InChI is InChI=1S/C13H14N2O6/c16-10-4-1-5-15(10)11(17)8-21-12(18)7-14-13(19)9-3-2-6-20-9/h2-3,6H,1,4-5,7-8H2,(H,14,19). The minimum Gasteiger partial charge on any atom is -0.459 e. The van der Waals surface area contributed by atoms with Crippen molar-refractivity contribution in [2.24, 2.45) is 0 Å². The fraction of sp³-hybridized carbons (Fsp3) is 0.385. The fourth-order valence-corrected chi connectivity index (χ4v) is 1.83. The molecule has 0 radical (unpaired) electrons. The molecule has 0 aromatic carbocycles. The largest absolute Gasteiger partial charge is 0.459 e. The molecule has 0 bridgehead atoms. The molecule has 1 aromatic heterocycles. The summed E-state index contributed by atoms with van der Waals surface area (Å²) in [5, 5.41) is 2.29. The molecule has 0 unspecified atom stereocenters. The molecule has 3 amide bonds. The zero-order valence-electron chi connectivity index (χ0n) is 11.2. The van der Waals surface area contributed by atoms with Crippen molar-refractivity contribution >= 4 is 23.7 Å². The van der Waals surface area contributed by atoms with Crippen molar-refractivity contribution in [2.45, 2.75) is 12.8 Å². The molecular formula is C13H14N2O6. The number of carbonyl (C=O) groups excluding carboxylic acids is 4. The summed E-state index contributed by atoms with van der Waals surface area (Å²) in [6.07, 6.45) is 2.29. The first-order chi connectivity index (χ1) is 10.1. The second-order valence-corrected chi connectivity index (χ2v) is 4.36. The number of nitrogens with one attached hydrogen (secondary N) is 1. The van der Waals surface area contributed by atoms with Gasteiger partial charge in [0.1, 0.15) is 6.54 Å². The van der Waals surface area contributed by atoms with Crippen LogP contribution < -0.4 is 5.32 Å². The van der Waals surface area contributed by atoms with Crippen LogP contribution in [0, 0.1) is 0 Å². The van der Waals surface area contributed by atoms with Gasteiger partial charge in [0, 0.05) is 13.0 Å². The number of nitrogens with zero attached hydrogens (tertiary/aromatic N) is 1. The Morgan fingerprint density at radius 1 is 1.38 bits per heavy atom. The van der Waals surface area contributed by atoms with Crippen LogP contribution >= 0.6 is 0 Å². The molecule has 1 aliphatic rings. The van der Waals surface area contributed by atoms with Gasteiger partial charge < -0.3 is 14.5 Å². The molecule has 1 fully saturated rings. The van der Waals surface area contributed by atoms with Crippen LogP contribution in [-0.2, 0) is 19.1 Å². The van der Waals surface area contributed by atoms with Gasteiger partial charge in [-0.2, -0.15) is 0 Å². The van der Waals surface area contributed by atoms with E-state index in [0.29, 0.717) is 19.4 Å². The van der Waals surface area contributed by atoms with E-state index in [0.717, 1.165) is 4.90 Å². The normalized spacial score (nSPS) is 14.1. The number of hydrogen-bond acceptors (Lipinski definition) is 6. The molecule has 1 saturated heterocycles. The average Bonchev–Trinajstić information content (AvgIpc) is 3.13. The zero-order chi connectivity index (χ0) is 15.2. The molecule has 0 spiro atoms. The van der Waals surface area contributed by atoms with E-state index in [9.17, 15) is 19.2 Å². The van der Waals surface area contributed by atoms with Crippen molar-refractivity contribution in [3.05, 3.63) is 24.2 Å². The lowest BCUT2D eigenvalue weighted by molar-refractivity contribution is -0.154. The van der Waals surface area contributed by atoms with E-state index in [1.54, 1.807) is 6.07 Å². The lowest BCUT2D eigenvalue weighted by atomic mass is 10.4. The molecule has 2 heterocycles. The van der Waals surface area contributed by atoms with E-state index < -0.39 is 24.4 Å². The molecular weight excluding hydrogens is 280 g/mol. The molecule has 0 atom stereocenters. The van der Waals surface area contributed by atoms with Gasteiger partial charge in [-0.25, -0.2) is 0 Å². The maximum atomic E-state index is 11.6. The van der Waals surface area contributed by atoms with Crippen LogP contribution in [-0.4, -0.2) is 48.3 Å². The van der Waals surface area contributed by atoms with Crippen LogP contribution in [0.15, 0.2) is 22.8 Å². The van der Waals surface area contributed by atoms with Crippen LogP contribution in [0.25, 0.3) is 0 Å². The van der Waals surface area contributed by atoms with Crippen LogP contribution in [0.1, 0.15) is 23.4 Å². The number of carbonyl (C=O) groups is 4. The van der Waals surface area contributed by atoms with Crippen molar-refractivity contribution < 1.29 is 28.3 Å². The highest BCUT2D eigenvalue weighted by molar-refractivity contribution is 5.98. The van der Waals surface area contributed by atoms with Gasteiger partial charge in [-0.3, -0.25) is 24.1 Å². The monoisotopic (exact) mass is 294 g/mol. The Hall–Kier alpha value is -2.64. The van der Waals surface area contributed by atoms with Crippen LogP contribution in [0.2, 0.25) is 0 Å². The summed E-state index contributed by atoms with van der Waals surface area (Å²) < 4.78 is 9.55. The highest BCUT2D eigenvalue weighted by atomic mass is 16.5. The van der Waals surface area contributed by atoms with Gasteiger partial charge in [-0.05, 0) is 18.6 Å². The molecule has 8 heteroatoms. The number of imide groups is 1. The summed E-state index contributed by atoms with van der Waals surface area (Å²) in [6.45, 7) is -0.549. The summed E-state index contributed by atoms with van der Waals surface area (Å²) in [7, 11) is 0. The number of amides is 3. The minimum atomic E-state index is -0.769. The molecule has 112 valence electrons. The van der Waals surface area contributed by atoms with Crippen molar-refractivity contribution in [3.8, 4) is 0 Å². The SMILES string of the molecule is O=C(CNC(=O)c1ccco1)OCC(=O)N1CCCC1=O. The van der Waals surface area contributed by atoms with Gasteiger partial charge in [0.05, 0.1) is 6.26 Å². The van der Waals surface area contributed by atoms with Crippen molar-refractivity contribution in [1.82, 2.24) is 10.2 Å². The first-order valence-corrected chi connectivity index (χ1v) is 6.38. The van der Waals surface area contributed by atoms with Gasteiger partial charge in [0.25, 0.3) is 11.8 Å². The number of hydrogen-bond donors (Lipinski definition) is 1. The Labute approximate surface area is 120 Å². The molecule has 0 saturated carbocycles. The van der Waals surface area contributed by atoms with Gasteiger partial charge in [-0.15, -0.1) is 0 Å². The number of esters is 1. The third-order valence-electron chi connectivity index (χ3n) is 2.87. The molecule has 1 aromatic rings. The Kier molecular flexibility index (Phi) is 4.70. The van der Waals surface area contributed by atoms with E-state index in [-0.39, 0.29) is 18.2 Å². The van der Waals surface area contributed by atoms with Crippen molar-refractivity contribution in [1.29, 1.82) is 0 Å². The van der Waals surface area contributed by atoms with Crippen molar-refractivity contribution in [3.63, 3.8) is 0 Å². The first-order valence-electron chi connectivity index (χ1n) is 6.38. The lowest BCUT2D eigenvalue weighted by Gasteiger charge is -2.13. The molecule has 1 N–H and O–H groups in total. The topological polar surface area (TPSA) is 106 Å². The number of likely N-dealkylation sites (tertiary alicyclic amines) is 1. The van der Waals surface area contributed by atoms with Gasteiger partial charge in [-0.1, -0.05) is 0 Å². The van der Waals surface area contributed by atoms with E-state index in [1.165, 1.54) is 12.3 Å². The van der Waals surface area contributed by atoms with Crippen LogP contribution in [0.5, 0.6) is 0 Å². The van der Waals surface area contributed by atoms with Gasteiger partial charge in [0.15, 0.2) is 12.4 Å². The summed E-state index contributed by atoms with van der Waals surface area (Å²) in [5.41, 5.74) is 0. The number of ether oxygens (including phenoxy) is 1. The highest BCUT2D eigenvalue weighted by Gasteiger charge is 2.26. The predicted molar refractivity (Wildman–Crippen MR) is 68.0 cm³/mol. The van der Waals surface area contributed by atoms with Gasteiger partial charge in [0.2, 0.25) is 5.91 Å². The predicted octanol–water partition coefficient (Wildman–Crippen LogP) is -0.298. The Bertz CT molecular complexity index is 551. The molecule has 2 rings (SSSR count). The van der Waals surface area contributed by atoms with Crippen LogP contribution in [0.3, 0.4) is 0 Å². The third kappa shape index (κ3) is 3.91. The quantitative estimate of drug-likeness (QED) is 0.747. The molecule has 1 aliphatic heterocycles. The molecule has 8 nitrogen and oxygen atoms in total. The highest BCUT2D eigenvalue weighted by Crippen LogP contribution is 2.09. The number of furan rings is 1. The maximum Gasteiger partial charge on any atom is 0.325 e. The van der Waals surface area contributed by atoms with Crippen molar-refractivity contribution in [2.75, 3.05) is 19.7 Å². The summed E-state index contributed by atoms with van der Waals surface area (Å²) in [4.78, 5) is 46.8. The maximum absolute atomic E-state index is 11.6. The van der Waals surface area contributed by atoms with E-state index in [2.05, 4.69) is 5.32 Å². The van der Waals surface area contributed by atoms with E-state index >= 15 is 0 Å². The number of rotatable bonds is 5. The summed E-state index contributed by atoms with van der Waals surface area (Å²) in [6, 6.07) is 2.99. The van der Waals surface area contributed by atoms with Gasteiger partial charge >= 0.3 is 5.97 Å². The Morgan fingerprint density at radius 3 is 2.81 bits per heavy atom. The molecule has 0 aliphatic carbocycles.